The maximum atomic E-state index is 13.3. The molecule has 2 aromatic rings. The van der Waals surface area contributed by atoms with Gasteiger partial charge in [0, 0.05) is 12.5 Å². The number of nitrogens with zero attached hydrogens (tertiary/aromatic N) is 1. The zero-order chi connectivity index (χ0) is 27.5. The Balaban J connectivity index is 1.99. The Labute approximate surface area is 226 Å². The molecule has 3 rings (SSSR count). The Morgan fingerprint density at radius 1 is 0.919 bits per heavy atom. The number of hydrogen-bond acceptors (Lipinski definition) is 3. The van der Waals surface area contributed by atoms with E-state index in [1.54, 1.807) is 0 Å². The van der Waals surface area contributed by atoms with Crippen LogP contribution in [-0.2, 0) is 9.16 Å². The van der Waals surface area contributed by atoms with Crippen LogP contribution in [0.5, 0.6) is 0 Å². The first-order chi connectivity index (χ1) is 17.1. The van der Waals surface area contributed by atoms with Crippen LogP contribution in [0.3, 0.4) is 0 Å². The topological polar surface area (TPSA) is 38.8 Å². The monoisotopic (exact) mass is 535 g/mol. The summed E-state index contributed by atoms with van der Waals surface area (Å²) in [5.74, 6) is 3.64. The highest BCUT2D eigenvalue weighted by Gasteiger charge is 2.51. The molecule has 1 amide bonds. The van der Waals surface area contributed by atoms with Gasteiger partial charge in [0.1, 0.15) is 13.7 Å². The molecule has 2 aromatic carbocycles. The Morgan fingerprint density at radius 2 is 1.43 bits per heavy atom. The van der Waals surface area contributed by atoms with E-state index in [1.165, 1.54) is 10.4 Å². The molecule has 4 nitrogen and oxygen atoms in total. The van der Waals surface area contributed by atoms with Gasteiger partial charge in [0.25, 0.3) is 8.32 Å². The molecule has 0 spiro atoms. The van der Waals surface area contributed by atoms with Gasteiger partial charge in [-0.2, -0.15) is 0 Å². The van der Waals surface area contributed by atoms with Gasteiger partial charge >= 0.3 is 6.09 Å². The lowest BCUT2D eigenvalue weighted by atomic mass is 10.1. The van der Waals surface area contributed by atoms with Crippen molar-refractivity contribution in [3.05, 3.63) is 60.7 Å². The van der Waals surface area contributed by atoms with Crippen molar-refractivity contribution in [3.63, 3.8) is 0 Å². The SMILES string of the molecule is CC(C)(C)OC(=O)N1CC(C#C[Si](C)(C)C)C[C@@H]1CO[Si](c1ccccc1)(c1ccccc1)C(C)(C)C. The Morgan fingerprint density at radius 3 is 1.86 bits per heavy atom. The summed E-state index contributed by atoms with van der Waals surface area (Å²) >= 11 is 0. The summed E-state index contributed by atoms with van der Waals surface area (Å²) < 4.78 is 13.0. The van der Waals surface area contributed by atoms with Crippen molar-refractivity contribution < 1.29 is 14.0 Å². The fourth-order valence-corrected chi connectivity index (χ4v) is 10.3. The van der Waals surface area contributed by atoms with E-state index < -0.39 is 22.0 Å². The summed E-state index contributed by atoms with van der Waals surface area (Å²) in [5.41, 5.74) is 2.97. The van der Waals surface area contributed by atoms with Crippen LogP contribution in [0.15, 0.2) is 60.7 Å². The van der Waals surface area contributed by atoms with Crippen LogP contribution in [0.4, 0.5) is 4.79 Å². The smallest absolute Gasteiger partial charge is 0.410 e. The second-order valence-corrected chi connectivity index (χ2v) is 22.3. The zero-order valence-corrected chi connectivity index (χ0v) is 26.2. The van der Waals surface area contributed by atoms with E-state index in [4.69, 9.17) is 9.16 Å². The Kier molecular flexibility index (Phi) is 8.84. The minimum Gasteiger partial charge on any atom is -0.444 e. The van der Waals surface area contributed by atoms with Gasteiger partial charge in [-0.3, -0.25) is 0 Å². The maximum Gasteiger partial charge on any atom is 0.410 e. The molecule has 1 saturated heterocycles. The fraction of sp³-hybridized carbons (Fsp3) is 0.516. The molecule has 0 bridgehead atoms. The second-order valence-electron chi connectivity index (χ2n) is 13.2. The number of ether oxygens (including phenoxy) is 1. The molecule has 6 heteroatoms. The van der Waals surface area contributed by atoms with Gasteiger partial charge in [-0.15, -0.1) is 11.5 Å². The van der Waals surface area contributed by atoms with E-state index in [1.807, 2.05) is 25.7 Å². The minimum atomic E-state index is -2.71. The third-order valence-corrected chi connectivity index (χ3v) is 12.5. The Bertz CT molecular complexity index is 1060. The normalized spacial score (nSPS) is 18.8. The average molecular weight is 536 g/mol. The van der Waals surface area contributed by atoms with E-state index in [9.17, 15) is 4.79 Å². The molecule has 0 aliphatic carbocycles. The molecule has 1 aliphatic rings. The van der Waals surface area contributed by atoms with Crippen LogP contribution >= 0.6 is 0 Å². The first-order valence-electron chi connectivity index (χ1n) is 13.4. The largest absolute Gasteiger partial charge is 0.444 e. The quantitative estimate of drug-likeness (QED) is 0.345. The van der Waals surface area contributed by atoms with Crippen LogP contribution in [0.2, 0.25) is 24.7 Å². The first-order valence-corrected chi connectivity index (χ1v) is 18.8. The molecule has 0 N–H and O–H groups in total. The molecule has 0 radical (unpaired) electrons. The van der Waals surface area contributed by atoms with E-state index >= 15 is 0 Å². The van der Waals surface area contributed by atoms with Crippen molar-refractivity contribution in [2.45, 2.75) is 84.3 Å². The fourth-order valence-electron chi connectivity index (χ4n) is 5.02. The van der Waals surface area contributed by atoms with Gasteiger partial charge in [0.05, 0.1) is 12.6 Å². The van der Waals surface area contributed by atoms with E-state index in [-0.39, 0.29) is 23.1 Å². The molecule has 37 heavy (non-hydrogen) atoms. The van der Waals surface area contributed by atoms with Gasteiger partial charge in [-0.1, -0.05) is 101 Å². The number of amides is 1. The molecule has 1 heterocycles. The molecule has 1 aliphatic heterocycles. The number of benzene rings is 2. The summed E-state index contributed by atoms with van der Waals surface area (Å²) in [5, 5.41) is 2.36. The lowest BCUT2D eigenvalue weighted by molar-refractivity contribution is 0.0181. The van der Waals surface area contributed by atoms with Gasteiger partial charge in [-0.05, 0) is 42.6 Å². The lowest BCUT2D eigenvalue weighted by Crippen LogP contribution is -2.67. The van der Waals surface area contributed by atoms with Gasteiger partial charge in [0.15, 0.2) is 0 Å². The van der Waals surface area contributed by atoms with E-state index in [2.05, 4.69) is 113 Å². The number of rotatable bonds is 5. The van der Waals surface area contributed by atoms with Crippen LogP contribution in [0.25, 0.3) is 0 Å². The summed E-state index contributed by atoms with van der Waals surface area (Å²) in [7, 11) is -4.22. The standard InChI is InChI=1S/C31H45NO3Si2/c1-30(2,3)35-29(33)32-23-25(20-21-36(7,8)9)22-26(32)24-34-37(31(4,5)6,27-16-12-10-13-17-27)28-18-14-11-15-19-28/h10-19,25-26H,22-24H2,1-9H3/t25?,26-/m1/s1. The van der Waals surface area contributed by atoms with Crippen LogP contribution in [0.1, 0.15) is 48.0 Å². The van der Waals surface area contributed by atoms with Crippen LogP contribution < -0.4 is 10.4 Å². The minimum absolute atomic E-state index is 0.0857. The van der Waals surface area contributed by atoms with E-state index in [0.717, 1.165) is 6.42 Å². The summed E-state index contributed by atoms with van der Waals surface area (Å²) in [6.45, 7) is 20.4. The molecule has 0 aromatic heterocycles. The predicted octanol–water partition coefficient (Wildman–Crippen LogP) is 6.07. The third-order valence-electron chi connectivity index (χ3n) is 6.60. The first kappa shape index (κ1) is 29.2. The number of likely N-dealkylation sites (tertiary alicyclic amines) is 1. The van der Waals surface area contributed by atoms with Crippen molar-refractivity contribution >= 4 is 32.9 Å². The highest BCUT2D eigenvalue weighted by Crippen LogP contribution is 2.37. The maximum absolute atomic E-state index is 13.3. The summed E-state index contributed by atoms with van der Waals surface area (Å²) in [6, 6.07) is 21.2. The van der Waals surface area contributed by atoms with Crippen molar-refractivity contribution in [2.24, 2.45) is 5.92 Å². The highest BCUT2D eigenvalue weighted by atomic mass is 28.4. The van der Waals surface area contributed by atoms with Crippen LogP contribution in [0, 0.1) is 17.4 Å². The molecule has 0 saturated carbocycles. The van der Waals surface area contributed by atoms with Crippen LogP contribution in [-0.4, -0.2) is 52.2 Å². The van der Waals surface area contributed by atoms with Crippen molar-refractivity contribution in [2.75, 3.05) is 13.2 Å². The van der Waals surface area contributed by atoms with Crippen molar-refractivity contribution in [3.8, 4) is 11.5 Å². The lowest BCUT2D eigenvalue weighted by Gasteiger charge is -2.44. The summed E-state index contributed by atoms with van der Waals surface area (Å²) in [4.78, 5) is 15.2. The van der Waals surface area contributed by atoms with Gasteiger partial charge < -0.3 is 14.1 Å². The average Bonchev–Trinajstić information content (AvgIpc) is 3.21. The molecular weight excluding hydrogens is 491 g/mol. The highest BCUT2D eigenvalue weighted by molar-refractivity contribution is 6.99. The van der Waals surface area contributed by atoms with Gasteiger partial charge in [0.2, 0.25) is 0 Å². The molecular formula is C31H45NO3Si2. The molecule has 1 fully saturated rings. The molecule has 200 valence electrons. The predicted molar refractivity (Wildman–Crippen MR) is 160 cm³/mol. The summed E-state index contributed by atoms with van der Waals surface area (Å²) in [6.07, 6.45) is 0.524. The number of hydrogen-bond donors (Lipinski definition) is 0. The second kappa shape index (κ2) is 11.2. The molecule has 2 atom stereocenters. The van der Waals surface area contributed by atoms with Crippen molar-refractivity contribution in [1.29, 1.82) is 0 Å². The van der Waals surface area contributed by atoms with Crippen molar-refractivity contribution in [1.82, 2.24) is 4.90 Å². The third kappa shape index (κ3) is 7.37. The number of carbonyl (C=O) groups is 1. The number of carbonyl (C=O) groups excluding carboxylic acids is 1. The zero-order valence-electron chi connectivity index (χ0n) is 24.2. The molecule has 1 unspecified atom stereocenters. The van der Waals surface area contributed by atoms with E-state index in [0.29, 0.717) is 13.2 Å². The Hall–Kier alpha value is -2.34. The van der Waals surface area contributed by atoms with Gasteiger partial charge in [-0.25, -0.2) is 4.79 Å².